The number of fused-ring (bicyclic) bond motifs is 1. The van der Waals surface area contributed by atoms with E-state index in [4.69, 9.17) is 10.5 Å². The Kier molecular flexibility index (Phi) is 3.55. The first kappa shape index (κ1) is 11.8. The molecule has 2 aromatic rings. The second kappa shape index (κ2) is 5.11. The molecule has 0 unspecified atom stereocenters. The number of anilines is 1. The average Bonchev–Trinajstić information content (AvgIpc) is 2.70. The number of benzene rings is 1. The van der Waals surface area contributed by atoms with E-state index >= 15 is 0 Å². The van der Waals surface area contributed by atoms with Crippen molar-refractivity contribution in [3.63, 3.8) is 0 Å². The van der Waals surface area contributed by atoms with Crippen LogP contribution in [0, 0.1) is 0 Å². The third-order valence-electron chi connectivity index (χ3n) is 2.27. The molecule has 0 aliphatic heterocycles. The molecule has 1 aromatic carbocycles. The third kappa shape index (κ3) is 2.72. The van der Waals surface area contributed by atoms with Gasteiger partial charge < -0.3 is 15.8 Å². The Hall–Kier alpha value is -1.66. The molecule has 0 fully saturated rings. The van der Waals surface area contributed by atoms with Gasteiger partial charge in [0.15, 0.2) is 5.13 Å². The van der Waals surface area contributed by atoms with Crippen molar-refractivity contribution < 1.29 is 9.53 Å². The highest BCUT2D eigenvalue weighted by atomic mass is 32.1. The normalized spacial score (nSPS) is 12.5. The van der Waals surface area contributed by atoms with Gasteiger partial charge in [0.2, 0.25) is 5.91 Å². The lowest BCUT2D eigenvalue weighted by atomic mass is 10.3. The smallest absolute Gasteiger partial charge is 0.242 e. The summed E-state index contributed by atoms with van der Waals surface area (Å²) in [6.45, 7) is 0.227. The predicted molar refractivity (Wildman–Crippen MR) is 68.1 cm³/mol. The van der Waals surface area contributed by atoms with Crippen LogP contribution < -0.4 is 11.1 Å². The van der Waals surface area contributed by atoms with Gasteiger partial charge in [0.05, 0.1) is 16.8 Å². The van der Waals surface area contributed by atoms with E-state index in [0.717, 1.165) is 10.2 Å². The first-order valence-corrected chi connectivity index (χ1v) is 5.92. The second-order valence-corrected chi connectivity index (χ2v) is 4.57. The molecule has 0 saturated heterocycles. The van der Waals surface area contributed by atoms with Crippen molar-refractivity contribution >= 4 is 32.6 Å². The zero-order chi connectivity index (χ0) is 12.3. The largest absolute Gasteiger partial charge is 0.382 e. The number of hydrogen-bond donors (Lipinski definition) is 2. The van der Waals surface area contributed by atoms with Crippen LogP contribution >= 0.6 is 11.3 Å². The van der Waals surface area contributed by atoms with Crippen LogP contribution in [0.2, 0.25) is 0 Å². The topological polar surface area (TPSA) is 77.2 Å². The lowest BCUT2D eigenvalue weighted by Crippen LogP contribution is -2.38. The maximum atomic E-state index is 11.2. The zero-order valence-electron chi connectivity index (χ0n) is 9.34. The molecule has 0 radical (unpaired) electrons. The minimum atomic E-state index is -0.555. The summed E-state index contributed by atoms with van der Waals surface area (Å²) in [7, 11) is 1.52. The number of thiazole rings is 1. The minimum Gasteiger partial charge on any atom is -0.382 e. The number of para-hydroxylation sites is 1. The van der Waals surface area contributed by atoms with Crippen LogP contribution in [0.15, 0.2) is 24.3 Å². The van der Waals surface area contributed by atoms with Crippen LogP contribution in [0.5, 0.6) is 0 Å². The number of hydrogen-bond acceptors (Lipinski definition) is 5. The summed E-state index contributed by atoms with van der Waals surface area (Å²) in [6.07, 6.45) is 0. The molecule has 0 bridgehead atoms. The average molecular weight is 251 g/mol. The predicted octanol–water partition coefficient (Wildman–Crippen LogP) is 1.21. The molecule has 17 heavy (non-hydrogen) atoms. The van der Waals surface area contributed by atoms with E-state index in [1.54, 1.807) is 0 Å². The van der Waals surface area contributed by atoms with Gasteiger partial charge in [-0.15, -0.1) is 0 Å². The first-order chi connectivity index (χ1) is 8.20. The van der Waals surface area contributed by atoms with Crippen LogP contribution in [0.25, 0.3) is 10.2 Å². The van der Waals surface area contributed by atoms with Crippen LogP contribution in [0.3, 0.4) is 0 Å². The lowest BCUT2D eigenvalue weighted by Gasteiger charge is -2.12. The van der Waals surface area contributed by atoms with Gasteiger partial charge in [-0.1, -0.05) is 23.5 Å². The van der Waals surface area contributed by atoms with Crippen molar-refractivity contribution in [2.45, 2.75) is 6.04 Å². The highest BCUT2D eigenvalue weighted by Gasteiger charge is 2.16. The molecule has 0 aliphatic carbocycles. The maximum absolute atomic E-state index is 11.2. The molecule has 1 amide bonds. The third-order valence-corrected chi connectivity index (χ3v) is 3.24. The molecule has 5 nitrogen and oxygen atoms in total. The molecular formula is C11H13N3O2S. The number of aromatic nitrogens is 1. The standard InChI is InChI=1S/C11H13N3O2S/c1-16-6-8(10(12)15)14-11-13-7-4-2-3-5-9(7)17-11/h2-5,8H,6H2,1H3,(H2,12,15)(H,13,14)/t8-/m1/s1. The van der Waals surface area contributed by atoms with E-state index < -0.39 is 11.9 Å². The van der Waals surface area contributed by atoms with Gasteiger partial charge in [0.25, 0.3) is 0 Å². The summed E-state index contributed by atoms with van der Waals surface area (Å²) in [5.41, 5.74) is 6.16. The molecule has 0 aliphatic rings. The SMILES string of the molecule is COC[C@@H](Nc1nc2ccccc2s1)C(N)=O. The van der Waals surface area contributed by atoms with Crippen LogP contribution in [-0.4, -0.2) is 30.6 Å². The minimum absolute atomic E-state index is 0.227. The van der Waals surface area contributed by atoms with E-state index in [-0.39, 0.29) is 6.61 Å². The van der Waals surface area contributed by atoms with Crippen molar-refractivity contribution in [3.05, 3.63) is 24.3 Å². The van der Waals surface area contributed by atoms with Gasteiger partial charge in [-0.3, -0.25) is 4.79 Å². The number of amides is 1. The van der Waals surface area contributed by atoms with E-state index in [0.29, 0.717) is 5.13 Å². The molecular weight excluding hydrogens is 238 g/mol. The van der Waals surface area contributed by atoms with Crippen molar-refractivity contribution in [1.82, 2.24) is 4.98 Å². The first-order valence-electron chi connectivity index (χ1n) is 5.11. The van der Waals surface area contributed by atoms with Gasteiger partial charge in [0.1, 0.15) is 6.04 Å². The zero-order valence-corrected chi connectivity index (χ0v) is 10.2. The number of nitrogens with two attached hydrogens (primary N) is 1. The van der Waals surface area contributed by atoms with Gasteiger partial charge in [0, 0.05) is 7.11 Å². The molecule has 1 atom stereocenters. The quantitative estimate of drug-likeness (QED) is 0.837. The number of primary amides is 1. The summed E-state index contributed by atoms with van der Waals surface area (Å²) >= 11 is 1.48. The van der Waals surface area contributed by atoms with Crippen molar-refractivity contribution in [3.8, 4) is 0 Å². The van der Waals surface area contributed by atoms with Crippen molar-refractivity contribution in [1.29, 1.82) is 0 Å². The highest BCUT2D eigenvalue weighted by Crippen LogP contribution is 2.25. The maximum Gasteiger partial charge on any atom is 0.242 e. The summed E-state index contributed by atoms with van der Waals surface area (Å²) in [5, 5.41) is 3.65. The Labute approximate surface area is 103 Å². The van der Waals surface area contributed by atoms with E-state index in [1.807, 2.05) is 24.3 Å². The highest BCUT2D eigenvalue weighted by molar-refractivity contribution is 7.22. The Morgan fingerprint density at radius 1 is 1.59 bits per heavy atom. The lowest BCUT2D eigenvalue weighted by molar-refractivity contribution is -0.119. The van der Waals surface area contributed by atoms with Gasteiger partial charge in [-0.05, 0) is 12.1 Å². The molecule has 6 heteroatoms. The summed E-state index contributed by atoms with van der Waals surface area (Å²) in [5.74, 6) is -0.453. The fourth-order valence-electron chi connectivity index (χ4n) is 1.44. The molecule has 90 valence electrons. The Bertz CT molecular complexity index is 493. The second-order valence-electron chi connectivity index (χ2n) is 3.54. The van der Waals surface area contributed by atoms with Crippen LogP contribution in [0.4, 0.5) is 5.13 Å². The molecule has 0 spiro atoms. The number of rotatable bonds is 5. The fraction of sp³-hybridized carbons (Fsp3) is 0.273. The molecule has 1 aromatic heterocycles. The van der Waals surface area contributed by atoms with Crippen molar-refractivity contribution in [2.75, 3.05) is 19.0 Å². The van der Waals surface area contributed by atoms with Crippen LogP contribution in [-0.2, 0) is 9.53 Å². The number of methoxy groups -OCH3 is 1. The van der Waals surface area contributed by atoms with E-state index in [2.05, 4.69) is 10.3 Å². The fourth-order valence-corrected chi connectivity index (χ4v) is 2.36. The van der Waals surface area contributed by atoms with Crippen molar-refractivity contribution in [2.24, 2.45) is 5.73 Å². The van der Waals surface area contributed by atoms with Crippen LogP contribution in [0.1, 0.15) is 0 Å². The molecule has 0 saturated carbocycles. The molecule has 1 heterocycles. The number of carbonyl (C=O) groups excluding carboxylic acids is 1. The summed E-state index contributed by atoms with van der Waals surface area (Å²) in [6, 6.07) is 7.22. The van der Waals surface area contributed by atoms with Gasteiger partial charge in [-0.25, -0.2) is 4.98 Å². The Balaban J connectivity index is 2.19. The number of nitrogens with zero attached hydrogens (tertiary/aromatic N) is 1. The number of carbonyl (C=O) groups is 1. The van der Waals surface area contributed by atoms with Gasteiger partial charge in [-0.2, -0.15) is 0 Å². The summed E-state index contributed by atoms with van der Waals surface area (Å²) < 4.78 is 5.99. The molecule has 2 rings (SSSR count). The van der Waals surface area contributed by atoms with E-state index in [9.17, 15) is 4.79 Å². The van der Waals surface area contributed by atoms with E-state index in [1.165, 1.54) is 18.4 Å². The van der Waals surface area contributed by atoms with Gasteiger partial charge >= 0.3 is 0 Å². The monoisotopic (exact) mass is 251 g/mol. The Morgan fingerprint density at radius 3 is 3.00 bits per heavy atom. The Morgan fingerprint density at radius 2 is 2.35 bits per heavy atom. The number of ether oxygens (including phenoxy) is 1. The number of nitrogens with one attached hydrogen (secondary N) is 1. The molecule has 3 N–H and O–H groups in total. The summed E-state index contributed by atoms with van der Waals surface area (Å²) in [4.78, 5) is 15.5.